The number of unbranched alkanes of at least 4 members (excludes halogenated alkanes) is 1. The molecule has 4 nitrogen and oxygen atoms in total. The van der Waals surface area contributed by atoms with E-state index < -0.39 is 0 Å². The van der Waals surface area contributed by atoms with Crippen molar-refractivity contribution in [2.75, 3.05) is 13.7 Å². The van der Waals surface area contributed by atoms with Gasteiger partial charge >= 0.3 is 0 Å². The Hall–Kier alpha value is -2.62. The second-order valence-electron chi connectivity index (χ2n) is 6.29. The number of nitrogens with one attached hydrogen (secondary N) is 1. The largest absolute Gasteiger partial charge is 0.497 e. The quantitative estimate of drug-likeness (QED) is 0.672. The van der Waals surface area contributed by atoms with Crippen LogP contribution in [0, 0.1) is 6.42 Å². The van der Waals surface area contributed by atoms with Crippen molar-refractivity contribution in [2.45, 2.75) is 25.4 Å². The molecule has 129 valence electrons. The van der Waals surface area contributed by atoms with Gasteiger partial charge in [0.15, 0.2) is 11.5 Å². The van der Waals surface area contributed by atoms with E-state index in [-0.39, 0.29) is 6.10 Å². The molecule has 0 spiro atoms. The number of hydrogen-bond donors (Lipinski definition) is 1. The van der Waals surface area contributed by atoms with E-state index in [2.05, 4.69) is 29.7 Å². The van der Waals surface area contributed by atoms with Gasteiger partial charge in [-0.25, -0.2) is 0 Å². The molecule has 0 fully saturated rings. The Balaban J connectivity index is 1.30. The molecule has 4 heteroatoms. The fourth-order valence-corrected chi connectivity index (χ4v) is 3.23. The number of aromatic amines is 1. The molecule has 2 aromatic carbocycles. The smallest absolute Gasteiger partial charge is 0.161 e. The summed E-state index contributed by atoms with van der Waals surface area (Å²) in [4.78, 5) is 3.33. The third-order valence-electron chi connectivity index (χ3n) is 4.59. The normalized spacial score (nSPS) is 16.1. The van der Waals surface area contributed by atoms with Crippen LogP contribution in [0.4, 0.5) is 0 Å². The van der Waals surface area contributed by atoms with E-state index in [1.807, 2.05) is 30.3 Å². The second-order valence-corrected chi connectivity index (χ2v) is 6.29. The molecule has 4 rings (SSSR count). The fraction of sp³-hybridized carbons (Fsp3) is 0.286. The maximum absolute atomic E-state index is 5.99. The number of methoxy groups -OCH3 is 1. The van der Waals surface area contributed by atoms with Crippen LogP contribution in [0.25, 0.3) is 10.9 Å². The van der Waals surface area contributed by atoms with E-state index in [1.165, 1.54) is 10.9 Å². The lowest BCUT2D eigenvalue weighted by Gasteiger charge is -2.26. The molecule has 0 bridgehead atoms. The lowest BCUT2D eigenvalue weighted by atomic mass is 10.0. The number of aromatic nitrogens is 1. The summed E-state index contributed by atoms with van der Waals surface area (Å²) in [5.74, 6) is 2.58. The molecule has 1 unspecified atom stereocenters. The van der Waals surface area contributed by atoms with Crippen molar-refractivity contribution in [3.63, 3.8) is 0 Å². The zero-order valence-corrected chi connectivity index (χ0v) is 14.3. The topological polar surface area (TPSA) is 43.5 Å². The highest BCUT2D eigenvalue weighted by Gasteiger charge is 2.20. The Kier molecular flexibility index (Phi) is 4.51. The van der Waals surface area contributed by atoms with E-state index >= 15 is 0 Å². The van der Waals surface area contributed by atoms with Gasteiger partial charge in [-0.2, -0.15) is 0 Å². The van der Waals surface area contributed by atoms with Crippen LogP contribution in [0.2, 0.25) is 0 Å². The average Bonchev–Trinajstić information content (AvgIpc) is 3.07. The first-order valence-corrected chi connectivity index (χ1v) is 8.67. The van der Waals surface area contributed by atoms with E-state index in [4.69, 9.17) is 14.2 Å². The maximum atomic E-state index is 5.99. The van der Waals surface area contributed by atoms with Crippen LogP contribution in [0.3, 0.4) is 0 Å². The number of rotatable bonds is 6. The molecule has 1 atom stereocenters. The summed E-state index contributed by atoms with van der Waals surface area (Å²) in [6.07, 6.45) is 7.37. The van der Waals surface area contributed by atoms with E-state index in [0.29, 0.717) is 6.61 Å². The number of para-hydroxylation sites is 2. The van der Waals surface area contributed by atoms with Crippen LogP contribution < -0.4 is 14.2 Å². The van der Waals surface area contributed by atoms with Crippen molar-refractivity contribution < 1.29 is 14.2 Å². The van der Waals surface area contributed by atoms with Crippen LogP contribution in [0.1, 0.15) is 18.4 Å². The predicted molar refractivity (Wildman–Crippen MR) is 98.4 cm³/mol. The van der Waals surface area contributed by atoms with Crippen LogP contribution in [0.15, 0.2) is 48.7 Å². The Morgan fingerprint density at radius 2 is 2.08 bits per heavy atom. The van der Waals surface area contributed by atoms with Gasteiger partial charge in [0.1, 0.15) is 18.5 Å². The van der Waals surface area contributed by atoms with Crippen molar-refractivity contribution in [3.8, 4) is 17.2 Å². The summed E-state index contributed by atoms with van der Waals surface area (Å²) in [6.45, 7) is 0.609. The van der Waals surface area contributed by atoms with Gasteiger partial charge in [0, 0.05) is 17.1 Å². The molecule has 1 N–H and O–H groups in total. The lowest BCUT2D eigenvalue weighted by Crippen LogP contribution is -2.29. The Morgan fingerprint density at radius 1 is 1.20 bits per heavy atom. The van der Waals surface area contributed by atoms with E-state index in [1.54, 1.807) is 7.11 Å². The third-order valence-corrected chi connectivity index (χ3v) is 4.59. The highest BCUT2D eigenvalue weighted by Crippen LogP contribution is 2.32. The first-order chi connectivity index (χ1) is 12.3. The molecule has 1 aliphatic rings. The SMILES string of the molecule is COc1ccc2[nH]cc(CC[CH]CC3COc4ccccc4O3)c2c1. The molecule has 3 aromatic rings. The molecule has 1 aromatic heterocycles. The maximum Gasteiger partial charge on any atom is 0.161 e. The molecule has 0 amide bonds. The summed E-state index contributed by atoms with van der Waals surface area (Å²) in [6, 6.07) is 14.0. The minimum absolute atomic E-state index is 0.0953. The number of ether oxygens (including phenoxy) is 3. The Labute approximate surface area is 147 Å². The highest BCUT2D eigenvalue weighted by molar-refractivity contribution is 5.84. The second kappa shape index (κ2) is 7.09. The minimum Gasteiger partial charge on any atom is -0.497 e. The molecule has 25 heavy (non-hydrogen) atoms. The number of hydrogen-bond acceptors (Lipinski definition) is 3. The minimum atomic E-state index is 0.0953. The summed E-state index contributed by atoms with van der Waals surface area (Å²) < 4.78 is 17.1. The van der Waals surface area contributed by atoms with Gasteiger partial charge in [0.25, 0.3) is 0 Å². The Morgan fingerprint density at radius 3 is 2.96 bits per heavy atom. The molecular weight excluding hydrogens is 314 g/mol. The fourth-order valence-electron chi connectivity index (χ4n) is 3.23. The summed E-state index contributed by atoms with van der Waals surface area (Å²) >= 11 is 0. The summed E-state index contributed by atoms with van der Waals surface area (Å²) in [5, 5.41) is 1.24. The van der Waals surface area contributed by atoms with Gasteiger partial charge in [-0.05, 0) is 61.6 Å². The number of H-pyrrole nitrogens is 1. The van der Waals surface area contributed by atoms with Gasteiger partial charge in [-0.3, -0.25) is 0 Å². The van der Waals surface area contributed by atoms with E-state index in [9.17, 15) is 0 Å². The number of aryl methyl sites for hydroxylation is 1. The van der Waals surface area contributed by atoms with Gasteiger partial charge in [-0.1, -0.05) is 12.1 Å². The van der Waals surface area contributed by atoms with Crippen LogP contribution >= 0.6 is 0 Å². The molecule has 2 heterocycles. The molecule has 0 aliphatic carbocycles. The summed E-state index contributed by atoms with van der Waals surface area (Å²) in [7, 11) is 1.70. The molecule has 1 radical (unpaired) electrons. The van der Waals surface area contributed by atoms with Crippen molar-refractivity contribution in [2.24, 2.45) is 0 Å². The standard InChI is InChI=1S/C21H22NO3/c1-23-16-10-11-19-18(12-16)15(13-22-19)6-2-3-7-17-14-24-20-8-4-5-9-21(20)25-17/h3-5,8-13,17,22H,2,6-7,14H2,1H3. The van der Waals surface area contributed by atoms with Crippen molar-refractivity contribution in [1.82, 2.24) is 4.98 Å². The molecule has 1 aliphatic heterocycles. The van der Waals surface area contributed by atoms with Crippen LogP contribution in [-0.2, 0) is 6.42 Å². The molecule has 0 saturated carbocycles. The lowest BCUT2D eigenvalue weighted by molar-refractivity contribution is 0.0900. The van der Waals surface area contributed by atoms with E-state index in [0.717, 1.165) is 42.0 Å². The zero-order chi connectivity index (χ0) is 17.1. The first kappa shape index (κ1) is 15.9. The van der Waals surface area contributed by atoms with Gasteiger partial charge in [0.2, 0.25) is 0 Å². The van der Waals surface area contributed by atoms with Crippen LogP contribution in [-0.4, -0.2) is 24.8 Å². The van der Waals surface area contributed by atoms with Gasteiger partial charge < -0.3 is 19.2 Å². The average molecular weight is 336 g/mol. The van der Waals surface area contributed by atoms with Crippen molar-refractivity contribution in [3.05, 3.63) is 60.6 Å². The van der Waals surface area contributed by atoms with Gasteiger partial charge in [-0.15, -0.1) is 0 Å². The van der Waals surface area contributed by atoms with Crippen LogP contribution in [0.5, 0.6) is 17.2 Å². The zero-order valence-electron chi connectivity index (χ0n) is 14.3. The first-order valence-electron chi connectivity index (χ1n) is 8.67. The Bertz CT molecular complexity index is 855. The van der Waals surface area contributed by atoms with Crippen molar-refractivity contribution >= 4 is 10.9 Å². The third kappa shape index (κ3) is 3.43. The highest BCUT2D eigenvalue weighted by atomic mass is 16.6. The number of fused-ring (bicyclic) bond motifs is 2. The van der Waals surface area contributed by atoms with Gasteiger partial charge in [0.05, 0.1) is 7.11 Å². The monoisotopic (exact) mass is 336 g/mol. The molecular formula is C21H22NO3. The molecule has 0 saturated heterocycles. The van der Waals surface area contributed by atoms with Crippen molar-refractivity contribution in [1.29, 1.82) is 0 Å². The summed E-state index contributed by atoms with van der Waals surface area (Å²) in [5.41, 5.74) is 2.47. The number of benzene rings is 2. The predicted octanol–water partition coefficient (Wildman–Crippen LogP) is 4.54.